The van der Waals surface area contributed by atoms with E-state index in [2.05, 4.69) is 15.6 Å². The largest absolute Gasteiger partial charge is 0.493 e. The van der Waals surface area contributed by atoms with Crippen LogP contribution in [0.1, 0.15) is 34.1 Å². The lowest BCUT2D eigenvalue weighted by Gasteiger charge is -2.26. The minimum absolute atomic E-state index is 0.0686. The number of fused-ring (bicyclic) bond motifs is 1. The Morgan fingerprint density at radius 3 is 2.71 bits per heavy atom. The predicted octanol–water partition coefficient (Wildman–Crippen LogP) is 3.54. The standard InChI is InChI=1S/C19H15F3N4O2/c20-19(21,22)13-6-2-3-7-16(13)26-11-15(24-25-26)18(27)23-14-9-10-28-17-8-4-1-5-12(14)17/h1-8,11,14H,9-10H2,(H,23,27)/t14-/m1/s1. The second-order valence-corrected chi connectivity index (χ2v) is 6.26. The molecule has 1 amide bonds. The molecule has 28 heavy (non-hydrogen) atoms. The van der Waals surface area contributed by atoms with Crippen LogP contribution in [-0.4, -0.2) is 27.5 Å². The maximum Gasteiger partial charge on any atom is 0.418 e. The first-order valence-corrected chi connectivity index (χ1v) is 8.55. The number of alkyl halides is 3. The van der Waals surface area contributed by atoms with Crippen LogP contribution in [0, 0.1) is 0 Å². The van der Waals surface area contributed by atoms with Gasteiger partial charge in [0.05, 0.1) is 30.1 Å². The number of carbonyl (C=O) groups excluding carboxylic acids is 1. The molecular weight excluding hydrogens is 373 g/mol. The molecule has 0 saturated heterocycles. The molecule has 144 valence electrons. The first-order chi connectivity index (χ1) is 13.4. The van der Waals surface area contributed by atoms with Gasteiger partial charge in [0.1, 0.15) is 5.75 Å². The number of amides is 1. The van der Waals surface area contributed by atoms with Crippen molar-refractivity contribution in [2.45, 2.75) is 18.6 Å². The predicted molar refractivity (Wildman–Crippen MR) is 93.1 cm³/mol. The van der Waals surface area contributed by atoms with Gasteiger partial charge in [-0.15, -0.1) is 5.10 Å². The van der Waals surface area contributed by atoms with E-state index in [1.807, 2.05) is 24.3 Å². The molecule has 1 N–H and O–H groups in total. The second kappa shape index (κ2) is 6.99. The number of carbonyl (C=O) groups is 1. The molecular formula is C19H15F3N4O2. The van der Waals surface area contributed by atoms with Gasteiger partial charge in [-0.3, -0.25) is 4.79 Å². The third kappa shape index (κ3) is 3.42. The summed E-state index contributed by atoms with van der Waals surface area (Å²) in [5.41, 5.74) is -0.277. The van der Waals surface area contributed by atoms with E-state index in [0.717, 1.165) is 16.3 Å². The molecule has 0 fully saturated rings. The van der Waals surface area contributed by atoms with Gasteiger partial charge >= 0.3 is 6.18 Å². The Balaban J connectivity index is 1.57. The van der Waals surface area contributed by atoms with Gasteiger partial charge in [-0.2, -0.15) is 13.2 Å². The average Bonchev–Trinajstić information content (AvgIpc) is 3.18. The number of nitrogens with zero attached hydrogens (tertiary/aromatic N) is 3. The Labute approximate surface area is 157 Å². The minimum atomic E-state index is -4.54. The van der Waals surface area contributed by atoms with Crippen LogP contribution in [0.25, 0.3) is 5.69 Å². The van der Waals surface area contributed by atoms with E-state index in [4.69, 9.17) is 4.74 Å². The molecule has 1 atom stereocenters. The fourth-order valence-corrected chi connectivity index (χ4v) is 3.12. The molecule has 2 aromatic carbocycles. The fraction of sp³-hybridized carbons (Fsp3) is 0.211. The molecule has 0 radical (unpaired) electrons. The highest BCUT2D eigenvalue weighted by Gasteiger charge is 2.34. The van der Waals surface area contributed by atoms with Gasteiger partial charge < -0.3 is 10.1 Å². The van der Waals surface area contributed by atoms with Gasteiger partial charge in [-0.05, 0) is 18.2 Å². The lowest BCUT2D eigenvalue weighted by atomic mass is 10.0. The van der Waals surface area contributed by atoms with Gasteiger partial charge in [-0.1, -0.05) is 35.5 Å². The Hall–Kier alpha value is -3.36. The van der Waals surface area contributed by atoms with E-state index >= 15 is 0 Å². The zero-order valence-corrected chi connectivity index (χ0v) is 14.5. The maximum atomic E-state index is 13.2. The van der Waals surface area contributed by atoms with E-state index < -0.39 is 17.6 Å². The van der Waals surface area contributed by atoms with Gasteiger partial charge in [0, 0.05) is 12.0 Å². The Morgan fingerprint density at radius 1 is 1.14 bits per heavy atom. The SMILES string of the molecule is O=C(N[C@@H]1CCOc2ccccc21)c1cn(-c2ccccc2C(F)(F)F)nn1. The van der Waals surface area contributed by atoms with Crippen molar-refractivity contribution < 1.29 is 22.7 Å². The van der Waals surface area contributed by atoms with E-state index in [0.29, 0.717) is 18.8 Å². The molecule has 0 bridgehead atoms. The summed E-state index contributed by atoms with van der Waals surface area (Å²) in [5, 5.41) is 10.3. The third-order valence-electron chi connectivity index (χ3n) is 4.45. The summed E-state index contributed by atoms with van der Waals surface area (Å²) in [7, 11) is 0. The lowest BCUT2D eigenvalue weighted by Crippen LogP contribution is -2.32. The normalized spacial score (nSPS) is 16.2. The zero-order chi connectivity index (χ0) is 19.7. The van der Waals surface area contributed by atoms with Crippen LogP contribution >= 0.6 is 0 Å². The van der Waals surface area contributed by atoms with Crippen molar-refractivity contribution in [1.82, 2.24) is 20.3 Å². The quantitative estimate of drug-likeness (QED) is 0.745. The molecule has 0 aliphatic carbocycles. The van der Waals surface area contributed by atoms with Crippen molar-refractivity contribution in [3.63, 3.8) is 0 Å². The molecule has 2 heterocycles. The molecule has 9 heteroatoms. The molecule has 1 aliphatic rings. The number of hydrogen-bond acceptors (Lipinski definition) is 4. The fourth-order valence-electron chi connectivity index (χ4n) is 3.12. The highest BCUT2D eigenvalue weighted by atomic mass is 19.4. The minimum Gasteiger partial charge on any atom is -0.493 e. The van der Waals surface area contributed by atoms with Crippen LogP contribution in [-0.2, 0) is 6.18 Å². The molecule has 1 aliphatic heterocycles. The summed E-state index contributed by atoms with van der Waals surface area (Å²) in [6, 6.07) is 12.1. The number of nitrogens with one attached hydrogen (secondary N) is 1. The van der Waals surface area contributed by atoms with E-state index in [9.17, 15) is 18.0 Å². The van der Waals surface area contributed by atoms with Crippen molar-refractivity contribution >= 4 is 5.91 Å². The van der Waals surface area contributed by atoms with Crippen molar-refractivity contribution in [3.8, 4) is 11.4 Å². The van der Waals surface area contributed by atoms with Crippen molar-refractivity contribution in [2.24, 2.45) is 0 Å². The number of hydrogen-bond donors (Lipinski definition) is 1. The van der Waals surface area contributed by atoms with Crippen LogP contribution in [0.4, 0.5) is 13.2 Å². The van der Waals surface area contributed by atoms with Gasteiger partial charge in [0.2, 0.25) is 0 Å². The molecule has 0 spiro atoms. The van der Waals surface area contributed by atoms with Crippen LogP contribution < -0.4 is 10.1 Å². The number of ether oxygens (including phenoxy) is 1. The van der Waals surface area contributed by atoms with Crippen molar-refractivity contribution in [1.29, 1.82) is 0 Å². The smallest absolute Gasteiger partial charge is 0.418 e. The summed E-state index contributed by atoms with van der Waals surface area (Å²) < 4.78 is 46.1. The summed E-state index contributed by atoms with van der Waals surface area (Å²) in [4.78, 5) is 12.6. The topological polar surface area (TPSA) is 69.0 Å². The Kier molecular flexibility index (Phi) is 4.50. The Morgan fingerprint density at radius 2 is 1.89 bits per heavy atom. The maximum absolute atomic E-state index is 13.2. The number of halogens is 3. The number of para-hydroxylation sites is 2. The second-order valence-electron chi connectivity index (χ2n) is 6.26. The highest BCUT2D eigenvalue weighted by molar-refractivity contribution is 5.92. The van der Waals surface area contributed by atoms with Gasteiger partial charge in [0.25, 0.3) is 5.91 Å². The third-order valence-corrected chi connectivity index (χ3v) is 4.45. The van der Waals surface area contributed by atoms with Crippen LogP contribution in [0.3, 0.4) is 0 Å². The highest BCUT2D eigenvalue weighted by Crippen LogP contribution is 2.34. The average molecular weight is 388 g/mol. The first-order valence-electron chi connectivity index (χ1n) is 8.55. The van der Waals surface area contributed by atoms with E-state index in [1.54, 1.807) is 0 Å². The monoisotopic (exact) mass is 388 g/mol. The molecule has 0 saturated carbocycles. The van der Waals surface area contributed by atoms with E-state index in [1.165, 1.54) is 24.4 Å². The van der Waals surface area contributed by atoms with Crippen LogP contribution in [0.2, 0.25) is 0 Å². The zero-order valence-electron chi connectivity index (χ0n) is 14.5. The molecule has 0 unspecified atom stereocenters. The molecule has 6 nitrogen and oxygen atoms in total. The van der Waals surface area contributed by atoms with Gasteiger partial charge in [-0.25, -0.2) is 4.68 Å². The number of benzene rings is 2. The molecule has 1 aromatic heterocycles. The Bertz CT molecular complexity index is 1020. The van der Waals surface area contributed by atoms with E-state index in [-0.39, 0.29) is 17.4 Å². The first kappa shape index (κ1) is 18.0. The van der Waals surface area contributed by atoms with Crippen molar-refractivity contribution in [3.05, 3.63) is 71.5 Å². The molecule has 4 rings (SSSR count). The van der Waals surface area contributed by atoms with Gasteiger partial charge in [0.15, 0.2) is 5.69 Å². The molecule has 3 aromatic rings. The summed E-state index contributed by atoms with van der Waals surface area (Å²) in [6.45, 7) is 0.452. The summed E-state index contributed by atoms with van der Waals surface area (Å²) in [6.07, 6.45) is -2.78. The number of aromatic nitrogens is 3. The van der Waals surface area contributed by atoms with Crippen LogP contribution in [0.15, 0.2) is 54.7 Å². The van der Waals surface area contributed by atoms with Crippen LogP contribution in [0.5, 0.6) is 5.75 Å². The summed E-state index contributed by atoms with van der Waals surface area (Å²) in [5.74, 6) is 0.180. The van der Waals surface area contributed by atoms with Crippen molar-refractivity contribution in [2.75, 3.05) is 6.61 Å². The number of rotatable bonds is 3. The lowest BCUT2D eigenvalue weighted by molar-refractivity contribution is -0.137. The summed E-state index contributed by atoms with van der Waals surface area (Å²) >= 11 is 0.